The van der Waals surface area contributed by atoms with Crippen molar-refractivity contribution in [2.45, 2.75) is 40.7 Å². The molecule has 0 saturated heterocycles. The summed E-state index contributed by atoms with van der Waals surface area (Å²) in [6, 6.07) is -0.121. The van der Waals surface area contributed by atoms with Crippen LogP contribution in [0.1, 0.15) is 34.6 Å². The number of rotatable bonds is 3. The number of guanidine groups is 1. The van der Waals surface area contributed by atoms with Gasteiger partial charge in [0.25, 0.3) is 0 Å². The predicted molar refractivity (Wildman–Crippen MR) is 64.1 cm³/mol. The van der Waals surface area contributed by atoms with E-state index in [-0.39, 0.29) is 11.8 Å². The van der Waals surface area contributed by atoms with Gasteiger partial charge in [0.2, 0.25) is 0 Å². The molecule has 0 fully saturated rings. The summed E-state index contributed by atoms with van der Waals surface area (Å²) >= 11 is 0. The minimum Gasteiger partial charge on any atom is -0.355 e. The molecule has 2 N–H and O–H groups in total. The van der Waals surface area contributed by atoms with Crippen LogP contribution in [0.4, 0.5) is 0 Å². The first-order valence-electron chi connectivity index (χ1n) is 5.66. The summed E-state index contributed by atoms with van der Waals surface area (Å²) in [6.07, 6.45) is 0. The summed E-state index contributed by atoms with van der Waals surface area (Å²) < 4.78 is 0. The quantitative estimate of drug-likeness (QED) is 0.740. The van der Waals surface area contributed by atoms with Gasteiger partial charge in [-0.1, -0.05) is 27.7 Å². The Morgan fingerprint density at radius 1 is 1.47 bits per heavy atom. The standard InChI is InChI=1S/C9H17N3O.C2H6/c1-6(2)8(7(3)13)12-9-10-4-5-11-9;1-2/h6,8H,4-5H2,1-3H3,(H2,10,11,12);1-2H3. The molecule has 1 unspecified atom stereocenters. The molecule has 4 heteroatoms. The summed E-state index contributed by atoms with van der Waals surface area (Å²) in [5, 5.41) is 6.19. The SMILES string of the molecule is CC.CC(=O)C(NC1=NCCN1)C(C)C. The number of Topliss-reactive ketones (excluding diaryl/α,β-unsaturated/α-hetero) is 1. The lowest BCUT2D eigenvalue weighted by Crippen LogP contribution is -2.47. The first-order chi connectivity index (χ1) is 7.11. The highest BCUT2D eigenvalue weighted by Crippen LogP contribution is 2.02. The minimum atomic E-state index is -0.121. The maximum Gasteiger partial charge on any atom is 0.191 e. The zero-order valence-corrected chi connectivity index (χ0v) is 10.4. The molecule has 0 aromatic carbocycles. The largest absolute Gasteiger partial charge is 0.355 e. The third-order valence-electron chi connectivity index (χ3n) is 2.07. The van der Waals surface area contributed by atoms with E-state index in [1.165, 1.54) is 0 Å². The normalized spacial score (nSPS) is 16.0. The van der Waals surface area contributed by atoms with Gasteiger partial charge >= 0.3 is 0 Å². The molecule has 4 nitrogen and oxygen atoms in total. The van der Waals surface area contributed by atoms with Crippen molar-refractivity contribution in [1.29, 1.82) is 0 Å². The lowest BCUT2D eigenvalue weighted by Gasteiger charge is -2.20. The second-order valence-corrected chi connectivity index (χ2v) is 3.63. The Labute approximate surface area is 92.5 Å². The monoisotopic (exact) mass is 213 g/mol. The number of hydrogen-bond acceptors (Lipinski definition) is 4. The molecule has 0 spiro atoms. The molecule has 0 radical (unpaired) electrons. The lowest BCUT2D eigenvalue weighted by molar-refractivity contribution is -0.119. The number of carbonyl (C=O) groups excluding carboxylic acids is 1. The fourth-order valence-corrected chi connectivity index (χ4v) is 1.38. The first kappa shape index (κ1) is 13.9. The van der Waals surface area contributed by atoms with Crippen LogP contribution in [0.5, 0.6) is 0 Å². The zero-order chi connectivity index (χ0) is 11.8. The van der Waals surface area contributed by atoms with Crippen molar-refractivity contribution in [1.82, 2.24) is 10.6 Å². The van der Waals surface area contributed by atoms with Crippen molar-refractivity contribution >= 4 is 11.7 Å². The average molecular weight is 213 g/mol. The van der Waals surface area contributed by atoms with Crippen molar-refractivity contribution in [3.05, 3.63) is 0 Å². The van der Waals surface area contributed by atoms with Gasteiger partial charge in [0.15, 0.2) is 11.7 Å². The fourth-order valence-electron chi connectivity index (χ4n) is 1.38. The van der Waals surface area contributed by atoms with Crippen molar-refractivity contribution in [3.8, 4) is 0 Å². The predicted octanol–water partition coefficient (Wildman–Crippen LogP) is 1.17. The summed E-state index contributed by atoms with van der Waals surface area (Å²) in [5.41, 5.74) is 0. The Morgan fingerprint density at radius 2 is 2.07 bits per heavy atom. The number of carbonyl (C=O) groups is 1. The lowest BCUT2D eigenvalue weighted by atomic mass is 10.0. The van der Waals surface area contributed by atoms with Crippen LogP contribution in [-0.2, 0) is 4.79 Å². The molecule has 15 heavy (non-hydrogen) atoms. The third-order valence-corrected chi connectivity index (χ3v) is 2.07. The fraction of sp³-hybridized carbons (Fsp3) is 0.818. The molecule has 1 atom stereocenters. The maximum absolute atomic E-state index is 11.2. The first-order valence-corrected chi connectivity index (χ1v) is 5.66. The van der Waals surface area contributed by atoms with E-state index in [1.807, 2.05) is 27.7 Å². The molecular formula is C11H23N3O. The Balaban J connectivity index is 0.000000921. The van der Waals surface area contributed by atoms with Crippen molar-refractivity contribution in [3.63, 3.8) is 0 Å². The molecule has 0 bridgehead atoms. The summed E-state index contributed by atoms with van der Waals surface area (Å²) in [6.45, 7) is 11.3. The minimum absolute atomic E-state index is 0.121. The Morgan fingerprint density at radius 3 is 2.40 bits per heavy atom. The van der Waals surface area contributed by atoms with Crippen LogP contribution >= 0.6 is 0 Å². The number of aliphatic imine (C=N–C) groups is 1. The van der Waals surface area contributed by atoms with E-state index in [1.54, 1.807) is 6.92 Å². The van der Waals surface area contributed by atoms with E-state index in [4.69, 9.17) is 0 Å². The molecule has 1 heterocycles. The number of ketones is 1. The Hall–Kier alpha value is -1.06. The average Bonchev–Trinajstić information content (AvgIpc) is 2.68. The van der Waals surface area contributed by atoms with E-state index in [0.29, 0.717) is 5.92 Å². The van der Waals surface area contributed by atoms with E-state index < -0.39 is 0 Å². The van der Waals surface area contributed by atoms with E-state index in [2.05, 4.69) is 15.6 Å². The van der Waals surface area contributed by atoms with Gasteiger partial charge in [-0.3, -0.25) is 9.79 Å². The molecule has 1 aliphatic rings. The number of hydrogen-bond donors (Lipinski definition) is 2. The Bertz CT molecular complexity index is 224. The summed E-state index contributed by atoms with van der Waals surface area (Å²) in [7, 11) is 0. The molecule has 1 rings (SSSR count). The van der Waals surface area contributed by atoms with Crippen LogP contribution in [0.25, 0.3) is 0 Å². The molecule has 0 aromatic rings. The van der Waals surface area contributed by atoms with Gasteiger partial charge in [0.05, 0.1) is 12.6 Å². The highest BCUT2D eigenvalue weighted by Gasteiger charge is 2.20. The van der Waals surface area contributed by atoms with Gasteiger partial charge < -0.3 is 10.6 Å². The van der Waals surface area contributed by atoms with E-state index in [0.717, 1.165) is 19.0 Å². The van der Waals surface area contributed by atoms with Gasteiger partial charge in [-0.2, -0.15) is 0 Å². The molecular weight excluding hydrogens is 190 g/mol. The van der Waals surface area contributed by atoms with E-state index >= 15 is 0 Å². The smallest absolute Gasteiger partial charge is 0.191 e. The molecule has 0 amide bonds. The molecule has 0 saturated carbocycles. The van der Waals surface area contributed by atoms with Crippen molar-refractivity contribution < 1.29 is 4.79 Å². The zero-order valence-electron chi connectivity index (χ0n) is 10.4. The second kappa shape index (κ2) is 7.26. The van der Waals surface area contributed by atoms with Crippen LogP contribution < -0.4 is 10.6 Å². The second-order valence-electron chi connectivity index (χ2n) is 3.63. The highest BCUT2D eigenvalue weighted by atomic mass is 16.1. The van der Waals surface area contributed by atoms with Crippen LogP contribution in [0.15, 0.2) is 4.99 Å². The molecule has 0 aromatic heterocycles. The molecule has 0 aliphatic carbocycles. The Kier molecular flexibility index (Phi) is 6.75. The highest BCUT2D eigenvalue weighted by molar-refractivity contribution is 5.89. The van der Waals surface area contributed by atoms with Crippen molar-refractivity contribution in [2.75, 3.05) is 13.1 Å². The van der Waals surface area contributed by atoms with Gasteiger partial charge in [0, 0.05) is 6.54 Å². The molecule has 88 valence electrons. The number of nitrogens with zero attached hydrogens (tertiary/aromatic N) is 1. The van der Waals surface area contributed by atoms with Crippen LogP contribution in [0, 0.1) is 5.92 Å². The van der Waals surface area contributed by atoms with Gasteiger partial charge in [-0.15, -0.1) is 0 Å². The maximum atomic E-state index is 11.2. The van der Waals surface area contributed by atoms with E-state index in [9.17, 15) is 4.79 Å². The van der Waals surface area contributed by atoms with Crippen LogP contribution in [-0.4, -0.2) is 30.9 Å². The van der Waals surface area contributed by atoms with Crippen LogP contribution in [0.3, 0.4) is 0 Å². The van der Waals surface area contributed by atoms with Crippen LogP contribution in [0.2, 0.25) is 0 Å². The molecule has 1 aliphatic heterocycles. The van der Waals surface area contributed by atoms with Gasteiger partial charge in [0.1, 0.15) is 0 Å². The third kappa shape index (κ3) is 4.81. The van der Waals surface area contributed by atoms with Gasteiger partial charge in [-0.25, -0.2) is 0 Å². The van der Waals surface area contributed by atoms with Crippen molar-refractivity contribution in [2.24, 2.45) is 10.9 Å². The van der Waals surface area contributed by atoms with Gasteiger partial charge in [-0.05, 0) is 12.8 Å². The summed E-state index contributed by atoms with van der Waals surface area (Å²) in [4.78, 5) is 15.4. The number of nitrogens with one attached hydrogen (secondary N) is 2. The topological polar surface area (TPSA) is 53.5 Å². The summed E-state index contributed by atoms with van der Waals surface area (Å²) in [5.74, 6) is 1.21.